The van der Waals surface area contributed by atoms with E-state index in [-0.39, 0.29) is 11.4 Å². The molecule has 0 aromatic carbocycles. The lowest BCUT2D eigenvalue weighted by atomic mass is 9.94. The van der Waals surface area contributed by atoms with Gasteiger partial charge in [0.15, 0.2) is 5.15 Å². The zero-order valence-corrected chi connectivity index (χ0v) is 11.7. The third-order valence-electron chi connectivity index (χ3n) is 4.12. The van der Waals surface area contributed by atoms with Gasteiger partial charge in [0.1, 0.15) is 4.88 Å². The number of thiazole rings is 1. The summed E-state index contributed by atoms with van der Waals surface area (Å²) in [4.78, 5) is 19.0. The van der Waals surface area contributed by atoms with Crippen molar-refractivity contribution in [1.82, 2.24) is 15.2 Å². The smallest absolute Gasteiger partial charge is 0.264 e. The van der Waals surface area contributed by atoms with Gasteiger partial charge in [-0.3, -0.25) is 9.69 Å². The predicted molar refractivity (Wildman–Crippen MR) is 72.2 cm³/mol. The zero-order chi connectivity index (χ0) is 12.6. The number of aromatic nitrogens is 1. The minimum absolute atomic E-state index is 0.0874. The maximum atomic E-state index is 12.0. The molecule has 4 nitrogen and oxygen atoms in total. The van der Waals surface area contributed by atoms with E-state index in [1.54, 1.807) is 5.51 Å². The van der Waals surface area contributed by atoms with Crippen LogP contribution in [0.4, 0.5) is 0 Å². The molecule has 3 heterocycles. The molecular weight excluding hydrogens is 270 g/mol. The van der Waals surface area contributed by atoms with E-state index in [1.807, 2.05) is 0 Å². The molecule has 6 heteroatoms. The SMILES string of the molecule is O=C(NCC12CCCN1CCC2)c1scnc1Cl. The zero-order valence-electron chi connectivity index (χ0n) is 10.1. The first-order valence-electron chi connectivity index (χ1n) is 6.34. The van der Waals surface area contributed by atoms with Crippen LogP contribution in [-0.4, -0.2) is 41.0 Å². The number of nitrogens with one attached hydrogen (secondary N) is 1. The average molecular weight is 286 g/mol. The van der Waals surface area contributed by atoms with E-state index in [1.165, 1.54) is 50.1 Å². The molecule has 2 aliphatic heterocycles. The van der Waals surface area contributed by atoms with Crippen LogP contribution in [0.3, 0.4) is 0 Å². The largest absolute Gasteiger partial charge is 0.349 e. The summed E-state index contributed by atoms with van der Waals surface area (Å²) in [6.45, 7) is 3.09. The number of rotatable bonds is 3. The van der Waals surface area contributed by atoms with Crippen LogP contribution in [0.15, 0.2) is 5.51 Å². The van der Waals surface area contributed by atoms with Crippen LogP contribution in [0.25, 0.3) is 0 Å². The summed E-state index contributed by atoms with van der Waals surface area (Å²) in [5.41, 5.74) is 1.82. The van der Waals surface area contributed by atoms with Gasteiger partial charge in [0.2, 0.25) is 0 Å². The summed E-state index contributed by atoms with van der Waals surface area (Å²) in [7, 11) is 0. The Morgan fingerprint density at radius 1 is 1.50 bits per heavy atom. The third-order valence-corrected chi connectivity index (χ3v) is 5.34. The number of halogens is 1. The van der Waals surface area contributed by atoms with Gasteiger partial charge in [-0.2, -0.15) is 0 Å². The van der Waals surface area contributed by atoms with Gasteiger partial charge in [-0.1, -0.05) is 11.6 Å². The first kappa shape index (κ1) is 12.4. The quantitative estimate of drug-likeness (QED) is 0.926. The lowest BCUT2D eigenvalue weighted by Gasteiger charge is -2.32. The Labute approximate surface area is 115 Å². The second-order valence-corrected chi connectivity index (χ2v) is 6.29. The van der Waals surface area contributed by atoms with Crippen molar-refractivity contribution in [2.45, 2.75) is 31.2 Å². The molecule has 0 unspecified atom stereocenters. The van der Waals surface area contributed by atoms with Crippen molar-refractivity contribution in [3.8, 4) is 0 Å². The highest BCUT2D eigenvalue weighted by Gasteiger charge is 2.44. The van der Waals surface area contributed by atoms with Crippen molar-refractivity contribution in [3.05, 3.63) is 15.5 Å². The van der Waals surface area contributed by atoms with Crippen molar-refractivity contribution >= 4 is 28.8 Å². The molecule has 0 radical (unpaired) electrons. The molecule has 0 atom stereocenters. The van der Waals surface area contributed by atoms with Crippen LogP contribution >= 0.6 is 22.9 Å². The molecule has 3 rings (SSSR count). The Hall–Kier alpha value is -0.650. The van der Waals surface area contributed by atoms with Gasteiger partial charge in [-0.15, -0.1) is 11.3 Å². The minimum Gasteiger partial charge on any atom is -0.349 e. The average Bonchev–Trinajstić information content (AvgIpc) is 3.00. The van der Waals surface area contributed by atoms with Crippen molar-refractivity contribution in [3.63, 3.8) is 0 Å². The Morgan fingerprint density at radius 3 is 2.83 bits per heavy atom. The lowest BCUT2D eigenvalue weighted by Crippen LogP contribution is -2.48. The molecular formula is C12H16ClN3OS. The maximum Gasteiger partial charge on any atom is 0.264 e. The summed E-state index contributed by atoms with van der Waals surface area (Å²) >= 11 is 7.16. The Morgan fingerprint density at radius 2 is 2.22 bits per heavy atom. The minimum atomic E-state index is -0.0874. The van der Waals surface area contributed by atoms with Crippen molar-refractivity contribution in [2.24, 2.45) is 0 Å². The summed E-state index contributed by atoms with van der Waals surface area (Å²) < 4.78 is 0. The van der Waals surface area contributed by atoms with Crippen molar-refractivity contribution in [2.75, 3.05) is 19.6 Å². The van der Waals surface area contributed by atoms with Crippen LogP contribution in [0.5, 0.6) is 0 Å². The maximum absolute atomic E-state index is 12.0. The summed E-state index contributed by atoms with van der Waals surface area (Å²) in [6, 6.07) is 0. The monoisotopic (exact) mass is 285 g/mol. The summed E-state index contributed by atoms with van der Waals surface area (Å²) in [5.74, 6) is -0.0874. The Kier molecular flexibility index (Phi) is 3.30. The van der Waals surface area contributed by atoms with Gasteiger partial charge >= 0.3 is 0 Å². The number of carbonyl (C=O) groups is 1. The fraction of sp³-hybridized carbons (Fsp3) is 0.667. The van der Waals surface area contributed by atoms with Gasteiger partial charge in [0.25, 0.3) is 5.91 Å². The molecule has 18 heavy (non-hydrogen) atoms. The van der Waals surface area contributed by atoms with Crippen LogP contribution in [0.1, 0.15) is 35.4 Å². The standard InChI is InChI=1S/C12H16ClN3OS/c13-10-9(18-8-15-10)11(17)14-7-12-3-1-5-16(12)6-2-4-12/h8H,1-7H2,(H,14,17). The van der Waals surface area contributed by atoms with E-state index in [2.05, 4.69) is 15.2 Å². The number of amides is 1. The molecule has 1 aromatic rings. The third kappa shape index (κ3) is 2.04. The highest BCUT2D eigenvalue weighted by Crippen LogP contribution is 2.38. The van der Waals surface area contributed by atoms with Gasteiger partial charge in [0, 0.05) is 12.1 Å². The van der Waals surface area contributed by atoms with Crippen molar-refractivity contribution in [1.29, 1.82) is 0 Å². The Bertz CT molecular complexity index is 452. The van der Waals surface area contributed by atoms with Gasteiger partial charge in [-0.25, -0.2) is 4.98 Å². The van der Waals surface area contributed by atoms with Crippen LogP contribution in [0, 0.1) is 0 Å². The molecule has 1 N–H and O–H groups in total. The van der Waals surface area contributed by atoms with E-state index in [9.17, 15) is 4.79 Å². The molecule has 0 bridgehead atoms. The fourth-order valence-electron chi connectivity index (χ4n) is 3.22. The summed E-state index contributed by atoms with van der Waals surface area (Å²) in [5, 5.41) is 3.35. The van der Waals surface area contributed by atoms with E-state index >= 15 is 0 Å². The lowest BCUT2D eigenvalue weighted by molar-refractivity contribution is 0.0923. The molecule has 2 fully saturated rings. The van der Waals surface area contributed by atoms with Crippen molar-refractivity contribution < 1.29 is 4.79 Å². The van der Waals surface area contributed by atoms with E-state index < -0.39 is 0 Å². The second-order valence-electron chi connectivity index (χ2n) is 5.07. The van der Waals surface area contributed by atoms with E-state index in [4.69, 9.17) is 11.6 Å². The molecule has 98 valence electrons. The first-order valence-corrected chi connectivity index (χ1v) is 7.59. The topological polar surface area (TPSA) is 45.2 Å². The molecule has 0 aliphatic carbocycles. The fourth-order valence-corrected chi connectivity index (χ4v) is 4.14. The van der Waals surface area contributed by atoms with E-state index in [0.717, 1.165) is 6.54 Å². The van der Waals surface area contributed by atoms with Crippen LogP contribution in [0.2, 0.25) is 5.15 Å². The highest BCUT2D eigenvalue weighted by molar-refractivity contribution is 7.12. The van der Waals surface area contributed by atoms with E-state index in [0.29, 0.717) is 10.0 Å². The number of hydrogen-bond donors (Lipinski definition) is 1. The van der Waals surface area contributed by atoms with Crippen LogP contribution in [-0.2, 0) is 0 Å². The molecule has 1 amide bonds. The number of carbonyl (C=O) groups excluding carboxylic acids is 1. The molecule has 0 spiro atoms. The number of hydrogen-bond acceptors (Lipinski definition) is 4. The molecule has 2 saturated heterocycles. The second kappa shape index (κ2) is 4.79. The molecule has 1 aromatic heterocycles. The normalized spacial score (nSPS) is 22.1. The predicted octanol–water partition coefficient (Wildman–Crippen LogP) is 2.15. The van der Waals surface area contributed by atoms with Gasteiger partial charge in [-0.05, 0) is 38.8 Å². The Balaban J connectivity index is 1.65. The number of nitrogens with zero attached hydrogens (tertiary/aromatic N) is 2. The highest BCUT2D eigenvalue weighted by atomic mass is 35.5. The summed E-state index contributed by atoms with van der Waals surface area (Å²) in [6.07, 6.45) is 4.89. The van der Waals surface area contributed by atoms with Gasteiger partial charge < -0.3 is 5.32 Å². The van der Waals surface area contributed by atoms with Crippen LogP contribution < -0.4 is 5.32 Å². The number of fused-ring (bicyclic) bond motifs is 1. The molecule has 0 saturated carbocycles. The van der Waals surface area contributed by atoms with Gasteiger partial charge in [0.05, 0.1) is 5.51 Å². The first-order chi connectivity index (χ1) is 8.71. The molecule has 2 aliphatic rings.